The van der Waals surface area contributed by atoms with Crippen LogP contribution in [0.3, 0.4) is 0 Å². The van der Waals surface area contributed by atoms with Crippen LogP contribution in [0.15, 0.2) is 73.3 Å². The average molecular weight is 1600 g/mol. The van der Waals surface area contributed by atoms with Gasteiger partial charge in [-0.3, -0.25) is 34.9 Å². The van der Waals surface area contributed by atoms with Crippen molar-refractivity contribution in [3.8, 4) is 69.6 Å². The minimum atomic E-state index is -1.26. The zero-order valence-corrected chi connectivity index (χ0v) is 64.0. The highest BCUT2D eigenvalue weighted by Crippen LogP contribution is 2.67. The van der Waals surface area contributed by atoms with E-state index < -0.39 is 93.8 Å². The summed E-state index contributed by atoms with van der Waals surface area (Å²) >= 11 is 3.09. The van der Waals surface area contributed by atoms with Gasteiger partial charge in [0.15, 0.2) is 57.1 Å². The van der Waals surface area contributed by atoms with Gasteiger partial charge in [-0.05, 0) is 98.9 Å². The number of phenols is 2. The first kappa shape index (κ1) is 80.1. The first-order valence-corrected chi connectivity index (χ1v) is 39.7. The minimum Gasteiger partial charge on any atom is -0.504 e. The Balaban J connectivity index is 0.000000175. The first-order valence-electron chi connectivity index (χ1n) is 37.6. The molecule has 26 nitrogen and oxygen atoms in total. The Labute approximate surface area is 676 Å². The average Bonchev–Trinajstić information content (AvgIpc) is 1.65. The summed E-state index contributed by atoms with van der Waals surface area (Å²) in [6.07, 6.45) is 4.27. The molecule has 6 aromatic carbocycles. The molecule has 2 unspecified atom stereocenters. The molecule has 0 radical (unpaired) electrons. The summed E-state index contributed by atoms with van der Waals surface area (Å²) in [7, 11) is 3.10. The number of carbonyl (C=O) groups is 4. The van der Waals surface area contributed by atoms with Gasteiger partial charge in [-0.15, -0.1) is 30.1 Å². The van der Waals surface area contributed by atoms with E-state index in [4.69, 9.17) is 47.4 Å². The van der Waals surface area contributed by atoms with E-state index in [2.05, 4.69) is 77.5 Å². The van der Waals surface area contributed by atoms with E-state index >= 15 is 0 Å². The number of piperazine rings is 2. The molecule has 7 N–H and O–H groups in total. The number of fused-ring (bicyclic) bond motifs is 22. The number of methoxy groups -OCH3 is 2. The molecular weight excluding hydrogens is 1510 g/mol. The fourth-order valence-corrected chi connectivity index (χ4v) is 24.4. The highest BCUT2D eigenvalue weighted by atomic mass is 32.2. The summed E-state index contributed by atoms with van der Waals surface area (Å²) < 4.78 is 61.5. The zero-order valence-electron chi connectivity index (χ0n) is 62.3. The second kappa shape index (κ2) is 29.9. The van der Waals surface area contributed by atoms with E-state index in [-0.39, 0.29) is 91.6 Å². The van der Waals surface area contributed by atoms with Crippen LogP contribution in [0.5, 0.6) is 57.5 Å². The summed E-state index contributed by atoms with van der Waals surface area (Å²) in [6, 6.07) is 20.1. The smallest absolute Gasteiger partial charge is 0.333 e. The summed E-state index contributed by atoms with van der Waals surface area (Å²) in [6.45, 7) is 15.6. The van der Waals surface area contributed by atoms with Crippen LogP contribution >= 0.6 is 23.5 Å². The predicted octanol–water partition coefficient (Wildman–Crippen LogP) is 12.3. The van der Waals surface area contributed by atoms with Gasteiger partial charge in [0.2, 0.25) is 13.6 Å². The molecular formula is C87H98N10O16S2. The second-order valence-electron chi connectivity index (χ2n) is 30.8. The fraction of sp³-hybridized carbons (Fsp3) is 0.448. The molecule has 8 bridgehead atoms. The monoisotopic (exact) mass is 1600 g/mol. The van der Waals surface area contributed by atoms with Gasteiger partial charge in [0.05, 0.1) is 72.4 Å². The van der Waals surface area contributed by atoms with Gasteiger partial charge in [-0.2, -0.15) is 10.5 Å². The van der Waals surface area contributed by atoms with Crippen molar-refractivity contribution in [2.75, 3.05) is 72.2 Å². The second-order valence-corrected chi connectivity index (χ2v) is 33.0. The number of aromatic amines is 2. The highest BCUT2D eigenvalue weighted by Gasteiger charge is 2.65. The van der Waals surface area contributed by atoms with Crippen molar-refractivity contribution < 1.29 is 76.8 Å². The van der Waals surface area contributed by atoms with E-state index in [0.717, 1.165) is 96.1 Å². The van der Waals surface area contributed by atoms with Crippen LogP contribution in [-0.2, 0) is 65.4 Å². The van der Waals surface area contributed by atoms with Gasteiger partial charge in [0.25, 0.3) is 0 Å². The number of aryl methyl sites for hydroxylation is 2. The Kier molecular flexibility index (Phi) is 20.8. The third-order valence-electron chi connectivity index (χ3n) is 25.2. The SMILES string of the molecule is C.C.C.C.C=CCN1[C@@H]2c3c(cc(C)c(OC)c3O)C[C@H]1[C@H](C#N)N1C2[C@@H]2SC[C@]3(NCCc4c3[nH]c3ccccc43)C(=O)OC[C@H]1c1c3c(c(C)c(OC(C)=O)c12)OCO3.COc1c(C)cc2c(c1O)[C@H]1N[C@@H](C2)[C@H](C#N)N2C1[C@@H]1SC[C@]3(NCCc4c3[nH]c3ccccc43)C(=O)OC[C@H]2c2c3c(c(C)c(OC(C)=O)c21)OCO3. The van der Waals surface area contributed by atoms with Crippen LogP contribution < -0.4 is 53.8 Å². The van der Waals surface area contributed by atoms with Crippen molar-refractivity contribution >= 4 is 69.2 Å². The molecule has 0 saturated carbocycles. The molecule has 0 aliphatic carbocycles. The molecule has 2 spiro atoms. The number of carbonyl (C=O) groups excluding carboxylic acids is 4. The van der Waals surface area contributed by atoms with Crippen molar-refractivity contribution in [1.29, 1.82) is 10.5 Å². The van der Waals surface area contributed by atoms with Crippen LogP contribution in [0.4, 0.5) is 0 Å². The molecule has 115 heavy (non-hydrogen) atoms. The lowest BCUT2D eigenvalue weighted by molar-refractivity contribution is -0.158. The molecule has 14 aliphatic heterocycles. The number of thioether (sulfide) groups is 2. The van der Waals surface area contributed by atoms with Gasteiger partial charge in [-0.1, -0.05) is 84.3 Å². The Hall–Kier alpha value is -10.1. The van der Waals surface area contributed by atoms with Crippen LogP contribution in [0.25, 0.3) is 21.8 Å². The number of para-hydroxylation sites is 2. The maximum atomic E-state index is 14.9. The third-order valence-corrected chi connectivity index (χ3v) is 28.2. The van der Waals surface area contributed by atoms with Crippen molar-refractivity contribution in [3.63, 3.8) is 0 Å². The van der Waals surface area contributed by atoms with E-state index in [1.807, 2.05) is 76.2 Å². The van der Waals surface area contributed by atoms with Gasteiger partial charge in [0, 0.05) is 135 Å². The molecule has 0 amide bonds. The molecule has 4 saturated heterocycles. The summed E-state index contributed by atoms with van der Waals surface area (Å²) in [4.78, 5) is 69.4. The number of benzene rings is 6. The number of phenolic OH excluding ortho intramolecular Hbond substituents is 2. The lowest BCUT2D eigenvalue weighted by Gasteiger charge is -2.62. The standard InChI is InChI=1S/C43H43N5O8S.C40H39N5O8S.4CH4/c1-6-13-47-27-15-23-14-20(2)36(52-5)35(50)30(23)33(47)34-40-32-31(39-38(54-19-55-39)21(3)37(32)56-22(4)49)29(48(34)28(27)16-44)17-53-42(51)43(18-57-40)41-25(11-12-45-43)24-9-7-8-10-26(24)46-41;1-17-11-20-12-24-25(13-41)45-26-14-50-39(48)40(38-22(9-10-42-40)21-7-5-6-8-23(21)44-38)15-54-37(31(45)30(43-24)27(20)32(47)33(17)49-4)29-28(26)36-35(51-16-52-36)18(2)34(29)53-19(3)46;;;;/h6-10,14,27-29,33-34,40,45-46,50H,1,11-13,15,17-19H2,2-5H3;5-8,11,24-26,30-31,37,42-44,47H,9-10,12,14-16H2,1-4H3;4*1H4/t27-,28-,29-,33+,34?,40+,43+;24-,25-,26-,30+,31?,37+,40+;;;;/m00..../s1. The van der Waals surface area contributed by atoms with Crippen molar-refractivity contribution in [2.45, 2.75) is 179 Å². The largest absolute Gasteiger partial charge is 0.504 e. The van der Waals surface area contributed by atoms with Crippen molar-refractivity contribution in [3.05, 3.63) is 163 Å². The number of aromatic nitrogens is 2. The molecule has 22 rings (SSSR count). The first-order chi connectivity index (χ1) is 53.8. The molecule has 4 fully saturated rings. The summed E-state index contributed by atoms with van der Waals surface area (Å²) in [5, 5.41) is 58.5. The van der Waals surface area contributed by atoms with E-state index in [9.17, 15) is 39.9 Å². The maximum Gasteiger partial charge on any atom is 0.333 e. The van der Waals surface area contributed by atoms with Gasteiger partial charge in [0.1, 0.15) is 36.8 Å². The Morgan fingerprint density at radius 2 is 1.08 bits per heavy atom. The molecule has 14 aliphatic rings. The molecule has 2 aromatic heterocycles. The number of aromatic hydroxyl groups is 2. The number of rotatable bonds is 6. The summed E-state index contributed by atoms with van der Waals surface area (Å²) in [5.74, 6) is 2.15. The van der Waals surface area contributed by atoms with E-state index in [0.29, 0.717) is 106 Å². The lowest BCUT2D eigenvalue weighted by Crippen LogP contribution is -2.70. The van der Waals surface area contributed by atoms with E-state index in [1.54, 1.807) is 26.0 Å². The van der Waals surface area contributed by atoms with Crippen LogP contribution in [0.2, 0.25) is 0 Å². The van der Waals surface area contributed by atoms with Crippen molar-refractivity contribution in [2.24, 2.45) is 0 Å². The highest BCUT2D eigenvalue weighted by molar-refractivity contribution is 7.99. The van der Waals surface area contributed by atoms with E-state index in [1.165, 1.54) is 25.6 Å². The number of hydrogen-bond donors (Lipinski definition) is 7. The molecule has 16 heterocycles. The number of H-pyrrole nitrogens is 2. The normalized spacial score (nSPS) is 27.7. The number of esters is 4. The quantitative estimate of drug-likeness (QED) is 0.0462. The van der Waals surface area contributed by atoms with Gasteiger partial charge >= 0.3 is 23.9 Å². The molecule has 604 valence electrons. The number of hydrogen-bond acceptors (Lipinski definition) is 26. The van der Waals surface area contributed by atoms with Crippen molar-refractivity contribution in [1.82, 2.24) is 40.6 Å². The predicted molar refractivity (Wildman–Crippen MR) is 435 cm³/mol. The van der Waals surface area contributed by atoms with Crippen LogP contribution in [0.1, 0.15) is 167 Å². The zero-order chi connectivity index (χ0) is 76.7. The minimum absolute atomic E-state index is 0. The Morgan fingerprint density at radius 3 is 1.56 bits per heavy atom. The van der Waals surface area contributed by atoms with Crippen LogP contribution in [0, 0.1) is 50.4 Å². The number of ether oxygens (including phenoxy) is 10. The Bertz CT molecular complexity index is 5480. The number of nitriles is 2. The maximum absolute atomic E-state index is 14.9. The number of nitrogens with one attached hydrogen (secondary N) is 5. The lowest BCUT2D eigenvalue weighted by atomic mass is 9.71. The summed E-state index contributed by atoms with van der Waals surface area (Å²) in [5.41, 5.74) is 12.0. The van der Waals surface area contributed by atoms with Gasteiger partial charge < -0.3 is 72.9 Å². The topological polar surface area (TPSA) is 326 Å². The molecule has 28 heteroatoms. The number of nitrogens with zero attached hydrogens (tertiary/aromatic N) is 5. The fourth-order valence-electron chi connectivity index (χ4n) is 21.1. The molecule has 14 atom stereocenters. The Morgan fingerprint density at radius 1 is 0.617 bits per heavy atom. The third kappa shape index (κ3) is 11.4. The molecule has 8 aromatic rings. The van der Waals surface area contributed by atoms with Crippen LogP contribution in [-0.4, -0.2) is 167 Å². The van der Waals surface area contributed by atoms with Gasteiger partial charge in [-0.25, -0.2) is 9.59 Å².